The molecule has 0 amide bonds. The van der Waals surface area contributed by atoms with Crippen LogP contribution in [0.15, 0.2) is 23.2 Å². The van der Waals surface area contributed by atoms with Crippen molar-refractivity contribution in [2.24, 2.45) is 4.99 Å². The molecule has 0 bridgehead atoms. The summed E-state index contributed by atoms with van der Waals surface area (Å²) in [6, 6.07) is 6.14. The van der Waals surface area contributed by atoms with Crippen molar-refractivity contribution in [3.63, 3.8) is 0 Å². The molecule has 0 spiro atoms. The summed E-state index contributed by atoms with van der Waals surface area (Å²) in [6.07, 6.45) is 4.19. The van der Waals surface area contributed by atoms with Crippen molar-refractivity contribution >= 4 is 16.8 Å². The van der Waals surface area contributed by atoms with E-state index >= 15 is 0 Å². The van der Waals surface area contributed by atoms with Crippen LogP contribution in [0.2, 0.25) is 0 Å². The van der Waals surface area contributed by atoms with Gasteiger partial charge in [0.25, 0.3) is 0 Å². The largest absolute Gasteiger partial charge is 0.493 e. The summed E-state index contributed by atoms with van der Waals surface area (Å²) < 4.78 is 22.9. The Labute approximate surface area is 159 Å². The van der Waals surface area contributed by atoms with Gasteiger partial charge in [-0.05, 0) is 25.3 Å². The molecule has 1 aromatic carbocycles. The minimum Gasteiger partial charge on any atom is -0.493 e. The van der Waals surface area contributed by atoms with Crippen molar-refractivity contribution < 1.29 is 13.7 Å². The van der Waals surface area contributed by atoms with Gasteiger partial charge in [0.2, 0.25) is 0 Å². The molecule has 3 atom stereocenters. The Bertz CT molecular complexity index is 636. The standard InChI is InChI=1S/C19H31N3O3S/c1-5-26(23)16-10-7-9-15(12-16)22-19(20-2)21-13-14-8-6-11-17(24-3)18(14)25-4/h6,8,11,15-16H,5,7,9-10,12-13H2,1-4H3,(H2,20,21,22). The summed E-state index contributed by atoms with van der Waals surface area (Å²) in [5.41, 5.74) is 1.00. The van der Waals surface area contributed by atoms with E-state index in [0.29, 0.717) is 23.6 Å². The number of benzene rings is 1. The summed E-state index contributed by atoms with van der Waals surface area (Å²) in [5, 5.41) is 7.12. The van der Waals surface area contributed by atoms with E-state index in [-0.39, 0.29) is 0 Å². The number of hydrogen-bond donors (Lipinski definition) is 2. The summed E-state index contributed by atoms with van der Waals surface area (Å²) in [6.45, 7) is 2.58. The SMILES string of the molecule is CCS(=O)C1CCCC(NC(=NC)NCc2cccc(OC)c2OC)C1. The third kappa shape index (κ3) is 5.37. The van der Waals surface area contributed by atoms with Gasteiger partial charge >= 0.3 is 0 Å². The van der Waals surface area contributed by atoms with E-state index in [1.807, 2.05) is 25.1 Å². The van der Waals surface area contributed by atoms with Crippen LogP contribution < -0.4 is 20.1 Å². The molecule has 6 nitrogen and oxygen atoms in total. The number of methoxy groups -OCH3 is 2. The number of aliphatic imine (C=N–C) groups is 1. The Morgan fingerprint density at radius 1 is 1.31 bits per heavy atom. The predicted molar refractivity (Wildman–Crippen MR) is 108 cm³/mol. The lowest BCUT2D eigenvalue weighted by Gasteiger charge is -2.30. The molecule has 0 aromatic heterocycles. The van der Waals surface area contributed by atoms with Gasteiger partial charge in [0.1, 0.15) is 0 Å². The summed E-state index contributed by atoms with van der Waals surface area (Å²) >= 11 is 0. The highest BCUT2D eigenvalue weighted by molar-refractivity contribution is 7.85. The summed E-state index contributed by atoms with van der Waals surface area (Å²) in [5.74, 6) is 2.93. The minimum atomic E-state index is -0.723. The van der Waals surface area contributed by atoms with E-state index in [1.54, 1.807) is 21.3 Å². The molecule has 146 valence electrons. The molecule has 1 aromatic rings. The Morgan fingerprint density at radius 3 is 2.77 bits per heavy atom. The molecule has 1 aliphatic rings. The van der Waals surface area contributed by atoms with Gasteiger partial charge in [-0.25, -0.2) is 0 Å². The first-order chi connectivity index (χ1) is 12.6. The first-order valence-electron chi connectivity index (χ1n) is 9.17. The maximum absolute atomic E-state index is 12.1. The van der Waals surface area contributed by atoms with Crippen molar-refractivity contribution in [1.29, 1.82) is 0 Å². The van der Waals surface area contributed by atoms with E-state index in [1.165, 1.54) is 0 Å². The van der Waals surface area contributed by atoms with Gasteiger partial charge in [-0.15, -0.1) is 0 Å². The monoisotopic (exact) mass is 381 g/mol. The first-order valence-corrected chi connectivity index (χ1v) is 10.5. The van der Waals surface area contributed by atoms with E-state index in [0.717, 1.165) is 48.7 Å². The molecule has 0 aliphatic heterocycles. The Hall–Kier alpha value is -1.76. The van der Waals surface area contributed by atoms with Crippen LogP contribution in [0.1, 0.15) is 38.2 Å². The molecule has 1 saturated carbocycles. The van der Waals surface area contributed by atoms with Crippen molar-refractivity contribution in [2.45, 2.75) is 50.4 Å². The smallest absolute Gasteiger partial charge is 0.191 e. The number of hydrogen-bond acceptors (Lipinski definition) is 4. The highest BCUT2D eigenvalue weighted by Gasteiger charge is 2.26. The van der Waals surface area contributed by atoms with Gasteiger partial charge in [-0.2, -0.15) is 0 Å². The molecule has 1 aliphatic carbocycles. The molecule has 3 unspecified atom stereocenters. The van der Waals surface area contributed by atoms with E-state index in [2.05, 4.69) is 15.6 Å². The summed E-state index contributed by atoms with van der Waals surface area (Å²) in [4.78, 5) is 4.33. The summed E-state index contributed by atoms with van der Waals surface area (Å²) in [7, 11) is 4.32. The third-order valence-corrected chi connectivity index (χ3v) is 6.52. The van der Waals surface area contributed by atoms with Crippen LogP contribution >= 0.6 is 0 Å². The molecule has 1 fully saturated rings. The third-order valence-electron chi connectivity index (χ3n) is 4.78. The lowest BCUT2D eigenvalue weighted by molar-refractivity contribution is 0.351. The molecular formula is C19H31N3O3S. The van der Waals surface area contributed by atoms with Gasteiger partial charge in [0.15, 0.2) is 17.5 Å². The highest BCUT2D eigenvalue weighted by Crippen LogP contribution is 2.30. The van der Waals surface area contributed by atoms with Gasteiger partial charge in [0.05, 0.1) is 14.2 Å². The topological polar surface area (TPSA) is 72.0 Å². The van der Waals surface area contributed by atoms with Crippen molar-refractivity contribution in [2.75, 3.05) is 27.0 Å². The Kier molecular flexibility index (Phi) is 8.22. The van der Waals surface area contributed by atoms with Crippen LogP contribution in [0.4, 0.5) is 0 Å². The Morgan fingerprint density at radius 2 is 2.12 bits per heavy atom. The van der Waals surface area contributed by atoms with Crippen molar-refractivity contribution in [1.82, 2.24) is 10.6 Å². The van der Waals surface area contributed by atoms with E-state index in [4.69, 9.17) is 9.47 Å². The van der Waals surface area contributed by atoms with Gasteiger partial charge in [-0.3, -0.25) is 9.20 Å². The maximum atomic E-state index is 12.1. The minimum absolute atomic E-state index is 0.294. The molecule has 0 saturated heterocycles. The maximum Gasteiger partial charge on any atom is 0.191 e. The van der Waals surface area contributed by atoms with Crippen LogP contribution in [-0.4, -0.2) is 48.5 Å². The van der Waals surface area contributed by atoms with Crippen LogP contribution in [0, 0.1) is 0 Å². The quantitative estimate of drug-likeness (QED) is 0.561. The van der Waals surface area contributed by atoms with Crippen molar-refractivity contribution in [3.8, 4) is 11.5 Å². The molecule has 2 N–H and O–H groups in total. The van der Waals surface area contributed by atoms with E-state index < -0.39 is 10.8 Å². The average Bonchev–Trinajstić information content (AvgIpc) is 2.70. The molecule has 0 heterocycles. The number of nitrogens with zero attached hydrogens (tertiary/aromatic N) is 1. The highest BCUT2D eigenvalue weighted by atomic mass is 32.2. The van der Waals surface area contributed by atoms with Gasteiger partial charge < -0.3 is 20.1 Å². The van der Waals surface area contributed by atoms with Crippen LogP contribution in [0.5, 0.6) is 11.5 Å². The second-order valence-corrected chi connectivity index (χ2v) is 8.38. The van der Waals surface area contributed by atoms with Crippen LogP contribution in [0.25, 0.3) is 0 Å². The number of ether oxygens (including phenoxy) is 2. The van der Waals surface area contributed by atoms with Crippen molar-refractivity contribution in [3.05, 3.63) is 23.8 Å². The fourth-order valence-electron chi connectivity index (χ4n) is 3.41. The fraction of sp³-hybridized carbons (Fsp3) is 0.632. The van der Waals surface area contributed by atoms with Crippen LogP contribution in [0.3, 0.4) is 0 Å². The number of nitrogens with one attached hydrogen (secondary N) is 2. The Balaban J connectivity index is 1.95. The first kappa shape index (κ1) is 20.6. The molecule has 0 radical (unpaired) electrons. The molecule has 2 rings (SSSR count). The lowest BCUT2D eigenvalue weighted by Crippen LogP contribution is -2.46. The predicted octanol–water partition coefficient (Wildman–Crippen LogP) is 2.45. The zero-order valence-corrected chi connectivity index (χ0v) is 17.0. The van der Waals surface area contributed by atoms with Gasteiger partial charge in [0, 0.05) is 47.0 Å². The zero-order chi connectivity index (χ0) is 18.9. The number of rotatable bonds is 7. The molecular weight excluding hydrogens is 350 g/mol. The molecule has 7 heteroatoms. The number of guanidine groups is 1. The fourth-order valence-corrected chi connectivity index (χ4v) is 4.76. The second kappa shape index (κ2) is 10.4. The second-order valence-electron chi connectivity index (χ2n) is 6.38. The number of para-hydroxylation sites is 1. The van der Waals surface area contributed by atoms with E-state index in [9.17, 15) is 4.21 Å². The van der Waals surface area contributed by atoms with Gasteiger partial charge in [-0.1, -0.05) is 25.5 Å². The average molecular weight is 382 g/mol. The zero-order valence-electron chi connectivity index (χ0n) is 16.2. The normalized spacial score (nSPS) is 21.8. The molecule has 26 heavy (non-hydrogen) atoms. The lowest BCUT2D eigenvalue weighted by atomic mass is 9.95. The van der Waals surface area contributed by atoms with Crippen LogP contribution in [-0.2, 0) is 17.3 Å².